The van der Waals surface area contributed by atoms with Crippen molar-refractivity contribution in [3.63, 3.8) is 0 Å². The van der Waals surface area contributed by atoms with Gasteiger partial charge in [0.25, 0.3) is 5.56 Å². The van der Waals surface area contributed by atoms with Crippen LogP contribution in [0.25, 0.3) is 21.8 Å². The van der Waals surface area contributed by atoms with Crippen molar-refractivity contribution in [3.8, 4) is 0 Å². The number of hydrogen-bond donors (Lipinski definition) is 2. The average Bonchev–Trinajstić information content (AvgIpc) is 3.19. The van der Waals surface area contributed by atoms with Gasteiger partial charge < -0.3 is 14.1 Å². The molecule has 6 nitrogen and oxygen atoms in total. The first-order chi connectivity index (χ1) is 16.0. The molecule has 3 heterocycles. The van der Waals surface area contributed by atoms with E-state index in [0.29, 0.717) is 27.7 Å². The minimum absolute atomic E-state index is 0.251. The summed E-state index contributed by atoms with van der Waals surface area (Å²) in [4.78, 5) is 19.7. The zero-order chi connectivity index (χ0) is 22.9. The summed E-state index contributed by atoms with van der Waals surface area (Å²) in [5.41, 5.74) is 2.25. The molecule has 0 bridgehead atoms. The van der Waals surface area contributed by atoms with Gasteiger partial charge in [-0.15, -0.1) is 4.72 Å². The largest absolute Gasteiger partial charge is 0.593 e. The molecule has 5 aromatic rings. The van der Waals surface area contributed by atoms with Crippen LogP contribution in [0.1, 0.15) is 11.1 Å². The van der Waals surface area contributed by atoms with Gasteiger partial charge in [-0.1, -0.05) is 24.3 Å². The first-order valence-corrected chi connectivity index (χ1v) is 11.3. The Bertz CT molecular complexity index is 1500. The van der Waals surface area contributed by atoms with E-state index in [0.717, 1.165) is 11.1 Å². The molecule has 2 aromatic carbocycles. The molecule has 0 saturated heterocycles. The van der Waals surface area contributed by atoms with Crippen LogP contribution in [0.2, 0.25) is 0 Å². The Balaban J connectivity index is 1.58. The van der Waals surface area contributed by atoms with E-state index in [1.165, 1.54) is 30.5 Å². The Labute approximate surface area is 190 Å². The summed E-state index contributed by atoms with van der Waals surface area (Å²) in [6.45, 7) is 0.670. The van der Waals surface area contributed by atoms with E-state index in [-0.39, 0.29) is 29.3 Å². The van der Waals surface area contributed by atoms with Gasteiger partial charge in [-0.05, 0) is 41.5 Å². The Morgan fingerprint density at radius 3 is 2.36 bits per heavy atom. The summed E-state index contributed by atoms with van der Waals surface area (Å²) in [7, 11) is 0. The van der Waals surface area contributed by atoms with Crippen LogP contribution >= 0.6 is 0 Å². The Kier molecular flexibility index (Phi) is 5.67. The summed E-state index contributed by atoms with van der Waals surface area (Å²) in [6, 6.07) is 13.8. The van der Waals surface area contributed by atoms with Crippen LogP contribution in [-0.2, 0) is 24.5 Å². The van der Waals surface area contributed by atoms with Gasteiger partial charge in [0.2, 0.25) is 0 Å². The Morgan fingerprint density at radius 1 is 1.00 bits per heavy atom. The number of hydrogen-bond acceptors (Lipinski definition) is 4. The predicted octanol–water partition coefficient (Wildman–Crippen LogP) is 4.02. The number of fused-ring (bicyclic) bond motifs is 3. The molecule has 166 valence electrons. The molecule has 0 radical (unpaired) electrons. The van der Waals surface area contributed by atoms with Crippen molar-refractivity contribution in [2.24, 2.45) is 0 Å². The highest BCUT2D eigenvalue weighted by atomic mass is 32.2. The molecule has 9 heteroatoms. The van der Waals surface area contributed by atoms with E-state index in [4.69, 9.17) is 0 Å². The molecule has 3 aromatic heterocycles. The van der Waals surface area contributed by atoms with Crippen molar-refractivity contribution < 1.29 is 13.3 Å². The molecule has 0 saturated carbocycles. The third-order valence-corrected chi connectivity index (χ3v) is 6.51. The summed E-state index contributed by atoms with van der Waals surface area (Å²) in [5.74, 6) is -0.664. The van der Waals surface area contributed by atoms with Crippen molar-refractivity contribution >= 4 is 33.2 Å². The lowest BCUT2D eigenvalue weighted by molar-refractivity contribution is 0.580. The second-order valence-electron chi connectivity index (χ2n) is 7.55. The number of benzene rings is 2. The molecule has 1 unspecified atom stereocenters. The summed E-state index contributed by atoms with van der Waals surface area (Å²) < 4.78 is 44.6. The minimum atomic E-state index is -1.63. The van der Waals surface area contributed by atoms with E-state index in [1.807, 2.05) is 4.57 Å². The lowest BCUT2D eigenvalue weighted by Gasteiger charge is -2.10. The molecule has 0 spiro atoms. The second-order valence-corrected chi connectivity index (χ2v) is 8.82. The number of aromatic nitrogens is 3. The molecule has 5 rings (SSSR count). The third kappa shape index (κ3) is 4.25. The Morgan fingerprint density at radius 2 is 1.67 bits per heavy atom. The third-order valence-electron chi connectivity index (χ3n) is 5.39. The van der Waals surface area contributed by atoms with Gasteiger partial charge in [-0.2, -0.15) is 0 Å². The maximum atomic E-state index is 13.3. The average molecular weight is 464 g/mol. The van der Waals surface area contributed by atoms with Crippen molar-refractivity contribution in [2.45, 2.75) is 18.0 Å². The van der Waals surface area contributed by atoms with Crippen molar-refractivity contribution in [2.75, 3.05) is 0 Å². The summed E-state index contributed by atoms with van der Waals surface area (Å²) >= 11 is -1.63. The van der Waals surface area contributed by atoms with E-state index < -0.39 is 11.4 Å². The monoisotopic (exact) mass is 464 g/mol. The van der Waals surface area contributed by atoms with Crippen LogP contribution in [0, 0.1) is 11.6 Å². The fourth-order valence-corrected chi connectivity index (χ4v) is 4.84. The molecular weight excluding hydrogens is 446 g/mol. The maximum Gasteiger partial charge on any atom is 0.274 e. The highest BCUT2D eigenvalue weighted by Gasteiger charge is 2.23. The number of halogens is 2. The smallest absolute Gasteiger partial charge is 0.274 e. The summed E-state index contributed by atoms with van der Waals surface area (Å²) in [6.07, 6.45) is 4.86. The van der Waals surface area contributed by atoms with Crippen LogP contribution in [0.4, 0.5) is 8.78 Å². The Hall–Kier alpha value is -3.53. The van der Waals surface area contributed by atoms with Gasteiger partial charge in [-0.25, -0.2) is 13.8 Å². The lowest BCUT2D eigenvalue weighted by Crippen LogP contribution is -2.23. The van der Waals surface area contributed by atoms with Crippen LogP contribution < -0.4 is 10.3 Å². The van der Waals surface area contributed by atoms with Gasteiger partial charge in [0.15, 0.2) is 4.90 Å². The number of H-pyrrole nitrogens is 1. The first-order valence-electron chi connectivity index (χ1n) is 10.1. The van der Waals surface area contributed by atoms with Gasteiger partial charge in [0, 0.05) is 18.1 Å². The van der Waals surface area contributed by atoms with Gasteiger partial charge in [-0.3, -0.25) is 4.79 Å². The predicted molar refractivity (Wildman–Crippen MR) is 123 cm³/mol. The van der Waals surface area contributed by atoms with Gasteiger partial charge in [0.1, 0.15) is 17.2 Å². The maximum absolute atomic E-state index is 13.3. The number of aromatic amines is 1. The van der Waals surface area contributed by atoms with Crippen molar-refractivity contribution in [3.05, 3.63) is 106 Å². The molecule has 0 aliphatic carbocycles. The van der Waals surface area contributed by atoms with Gasteiger partial charge in [0.05, 0.1) is 41.2 Å². The fourth-order valence-electron chi connectivity index (χ4n) is 3.77. The normalized spacial score (nSPS) is 12.5. The fraction of sp³-hybridized carbons (Fsp3) is 0.0833. The van der Waals surface area contributed by atoms with E-state index in [2.05, 4.69) is 14.7 Å². The van der Waals surface area contributed by atoms with Crippen molar-refractivity contribution in [1.82, 2.24) is 19.3 Å². The molecule has 0 aliphatic heterocycles. The molecular formula is C24H18F2N4O2S. The number of nitrogens with zero attached hydrogens (tertiary/aromatic N) is 2. The number of nitrogens with one attached hydrogen (secondary N) is 2. The minimum Gasteiger partial charge on any atom is -0.593 e. The molecule has 0 fully saturated rings. The molecule has 33 heavy (non-hydrogen) atoms. The molecule has 0 aliphatic rings. The van der Waals surface area contributed by atoms with Crippen LogP contribution in [0.15, 0.2) is 82.9 Å². The van der Waals surface area contributed by atoms with E-state index in [9.17, 15) is 18.1 Å². The standard InChI is InChI=1S/C24H18F2N4O2S/c25-17-5-1-15(2-6-17)11-29-33(32)21-14-30(13-16-3-7-18(26)8-4-16)20-12-28-23-19(22(20)21)9-10-27-24(23)31/h1-10,12,14,29H,11,13H2,(H,27,31). The van der Waals surface area contributed by atoms with Gasteiger partial charge >= 0.3 is 0 Å². The van der Waals surface area contributed by atoms with Crippen LogP contribution in [0.3, 0.4) is 0 Å². The zero-order valence-electron chi connectivity index (χ0n) is 17.2. The van der Waals surface area contributed by atoms with Crippen LogP contribution in [-0.4, -0.2) is 19.1 Å². The van der Waals surface area contributed by atoms with E-state index >= 15 is 0 Å². The highest BCUT2D eigenvalue weighted by Crippen LogP contribution is 2.31. The quantitative estimate of drug-likeness (QED) is 0.372. The summed E-state index contributed by atoms with van der Waals surface area (Å²) in [5, 5.41) is 1.24. The van der Waals surface area contributed by atoms with E-state index in [1.54, 1.807) is 42.7 Å². The van der Waals surface area contributed by atoms with Crippen molar-refractivity contribution in [1.29, 1.82) is 0 Å². The number of pyridine rings is 2. The second kappa shape index (κ2) is 8.78. The first kappa shape index (κ1) is 21.3. The van der Waals surface area contributed by atoms with Crippen LogP contribution in [0.5, 0.6) is 0 Å². The molecule has 2 N–H and O–H groups in total. The lowest BCUT2D eigenvalue weighted by atomic mass is 10.2. The molecule has 1 atom stereocenters. The molecule has 0 amide bonds. The number of rotatable bonds is 6. The zero-order valence-corrected chi connectivity index (χ0v) is 18.0. The SMILES string of the molecule is O=c1[nH]ccc2c1ncc1c2c([S+]([O-])NCc2ccc(F)cc2)cn1Cc1ccc(F)cc1. The topological polar surface area (TPSA) is 85.8 Å². The highest BCUT2D eigenvalue weighted by molar-refractivity contribution is 7.89.